The molecule has 1 heterocycles. The number of hydrogen-bond acceptors (Lipinski definition) is 7. The highest BCUT2D eigenvalue weighted by Gasteiger charge is 2.29. The molecule has 4 rings (SSSR count). The van der Waals surface area contributed by atoms with E-state index in [2.05, 4.69) is 15.9 Å². The Morgan fingerprint density at radius 3 is 2.15 bits per heavy atom. The Balaban J connectivity index is 1.30. The van der Waals surface area contributed by atoms with Gasteiger partial charge in [-0.25, -0.2) is 0 Å². The fourth-order valence-corrected chi connectivity index (χ4v) is 6.10. The predicted molar refractivity (Wildman–Crippen MR) is 130 cm³/mol. The Bertz CT molecular complexity index is 1010. The molecule has 0 radical (unpaired) electrons. The number of methoxy groups -OCH3 is 2. The molecule has 2 fully saturated rings. The van der Waals surface area contributed by atoms with Gasteiger partial charge >= 0.3 is 10.1 Å². The van der Waals surface area contributed by atoms with Crippen molar-refractivity contribution in [2.45, 2.75) is 43.9 Å². The van der Waals surface area contributed by atoms with Gasteiger partial charge in [0, 0.05) is 38.4 Å². The Morgan fingerprint density at radius 2 is 1.52 bits per heavy atom. The van der Waals surface area contributed by atoms with Crippen molar-refractivity contribution in [3.05, 3.63) is 48.0 Å². The van der Waals surface area contributed by atoms with Crippen LogP contribution in [0.2, 0.25) is 0 Å². The van der Waals surface area contributed by atoms with Gasteiger partial charge in [0.15, 0.2) is 11.5 Å². The van der Waals surface area contributed by atoms with Gasteiger partial charge in [-0.3, -0.25) is 4.90 Å². The molecule has 180 valence electrons. The van der Waals surface area contributed by atoms with Gasteiger partial charge in [-0.2, -0.15) is 8.42 Å². The molecular weight excluding hydrogens is 440 g/mol. The van der Waals surface area contributed by atoms with Gasteiger partial charge in [-0.05, 0) is 54.8 Å². The molecule has 1 aliphatic heterocycles. The number of ether oxygens (including phenoxy) is 2. The molecule has 8 heteroatoms. The molecule has 0 spiro atoms. The zero-order chi connectivity index (χ0) is 23.3. The molecule has 0 N–H and O–H groups in total. The molecule has 33 heavy (non-hydrogen) atoms. The summed E-state index contributed by atoms with van der Waals surface area (Å²) in [6.07, 6.45) is 4.44. The van der Waals surface area contributed by atoms with Gasteiger partial charge in [0.2, 0.25) is 0 Å². The Hall–Kier alpha value is -2.45. The first-order valence-electron chi connectivity index (χ1n) is 11.7. The lowest BCUT2D eigenvalue weighted by molar-refractivity contribution is 0.249. The van der Waals surface area contributed by atoms with Gasteiger partial charge in [0.1, 0.15) is 5.75 Å². The van der Waals surface area contributed by atoms with E-state index < -0.39 is 10.1 Å². The molecule has 2 aromatic carbocycles. The fourth-order valence-electron chi connectivity index (χ4n) is 4.67. The van der Waals surface area contributed by atoms with Crippen LogP contribution in [-0.2, 0) is 16.7 Å². The van der Waals surface area contributed by atoms with E-state index in [-0.39, 0.29) is 5.25 Å². The molecule has 0 bridgehead atoms. The number of benzene rings is 2. The van der Waals surface area contributed by atoms with Crippen LogP contribution in [0.3, 0.4) is 0 Å². The quantitative estimate of drug-likeness (QED) is 0.534. The van der Waals surface area contributed by atoms with Gasteiger partial charge in [-0.15, -0.1) is 0 Å². The Kier molecular flexibility index (Phi) is 7.65. The topological polar surface area (TPSA) is 68.3 Å². The first-order chi connectivity index (χ1) is 16.0. The molecule has 1 saturated carbocycles. The van der Waals surface area contributed by atoms with E-state index in [1.165, 1.54) is 5.56 Å². The lowest BCUT2D eigenvalue weighted by Crippen LogP contribution is -2.45. The third-order valence-corrected chi connectivity index (χ3v) is 8.31. The minimum Gasteiger partial charge on any atom is -0.493 e. The average Bonchev–Trinajstić information content (AvgIpc) is 2.85. The number of rotatable bonds is 8. The van der Waals surface area contributed by atoms with Crippen LogP contribution in [0, 0.1) is 0 Å². The third kappa shape index (κ3) is 5.92. The summed E-state index contributed by atoms with van der Waals surface area (Å²) in [5.74, 6) is 1.89. The summed E-state index contributed by atoms with van der Waals surface area (Å²) in [6, 6.07) is 13.5. The molecule has 0 amide bonds. The third-order valence-electron chi connectivity index (χ3n) is 6.60. The van der Waals surface area contributed by atoms with Crippen molar-refractivity contribution < 1.29 is 22.1 Å². The van der Waals surface area contributed by atoms with E-state index in [0.717, 1.165) is 69.2 Å². The van der Waals surface area contributed by atoms with Crippen LogP contribution < -0.4 is 18.6 Å². The van der Waals surface area contributed by atoms with Crippen LogP contribution in [0.5, 0.6) is 17.2 Å². The predicted octanol–water partition coefficient (Wildman–Crippen LogP) is 4.07. The normalized spacial score (nSPS) is 18.2. The second-order valence-electron chi connectivity index (χ2n) is 8.78. The summed E-state index contributed by atoms with van der Waals surface area (Å²) in [5, 5.41) is -0.371. The average molecular weight is 475 g/mol. The summed E-state index contributed by atoms with van der Waals surface area (Å²) in [6.45, 7) is 4.58. The zero-order valence-corrected chi connectivity index (χ0v) is 20.4. The monoisotopic (exact) mass is 474 g/mol. The number of anilines is 1. The van der Waals surface area contributed by atoms with Crippen molar-refractivity contribution in [3.63, 3.8) is 0 Å². The molecule has 7 nitrogen and oxygen atoms in total. The Labute approximate surface area is 197 Å². The standard InChI is InChI=1S/C25H34N2O5S/c1-30-24-13-8-20(18-25(24)31-2)19-26-14-16-27(17-15-26)21-9-11-22(12-10-21)32-33(28,29)23-6-4-3-5-7-23/h8-13,18,23H,3-7,14-17,19H2,1-2H3. The van der Waals surface area contributed by atoms with E-state index in [1.54, 1.807) is 26.4 Å². The summed E-state index contributed by atoms with van der Waals surface area (Å²) >= 11 is 0. The number of hydrogen-bond donors (Lipinski definition) is 0. The van der Waals surface area contributed by atoms with Crippen LogP contribution >= 0.6 is 0 Å². The van der Waals surface area contributed by atoms with E-state index in [1.807, 2.05) is 24.3 Å². The first-order valence-corrected chi connectivity index (χ1v) is 13.2. The summed E-state index contributed by atoms with van der Waals surface area (Å²) in [4.78, 5) is 4.75. The molecule has 1 saturated heterocycles. The van der Waals surface area contributed by atoms with Gasteiger partial charge in [0.25, 0.3) is 0 Å². The van der Waals surface area contributed by atoms with Gasteiger partial charge < -0.3 is 18.6 Å². The van der Waals surface area contributed by atoms with Crippen molar-refractivity contribution >= 4 is 15.8 Å². The number of piperazine rings is 1. The van der Waals surface area contributed by atoms with Crippen LogP contribution in [0.25, 0.3) is 0 Å². The Morgan fingerprint density at radius 1 is 0.848 bits per heavy atom. The van der Waals surface area contributed by atoms with Crippen LogP contribution in [0.1, 0.15) is 37.7 Å². The van der Waals surface area contributed by atoms with E-state index in [0.29, 0.717) is 18.6 Å². The highest BCUT2D eigenvalue weighted by atomic mass is 32.2. The van der Waals surface area contributed by atoms with E-state index in [9.17, 15) is 8.42 Å². The molecule has 2 aliphatic rings. The van der Waals surface area contributed by atoms with Crippen molar-refractivity contribution in [2.24, 2.45) is 0 Å². The van der Waals surface area contributed by atoms with Gasteiger partial charge in [0.05, 0.1) is 19.5 Å². The minimum atomic E-state index is -3.56. The molecule has 0 aromatic heterocycles. The molecule has 2 aromatic rings. The first kappa shape index (κ1) is 23.7. The van der Waals surface area contributed by atoms with Crippen molar-refractivity contribution in [1.29, 1.82) is 0 Å². The van der Waals surface area contributed by atoms with Crippen LogP contribution in [0.15, 0.2) is 42.5 Å². The van der Waals surface area contributed by atoms with Crippen molar-refractivity contribution in [1.82, 2.24) is 4.90 Å². The van der Waals surface area contributed by atoms with E-state index >= 15 is 0 Å². The van der Waals surface area contributed by atoms with Crippen molar-refractivity contribution in [2.75, 3.05) is 45.3 Å². The maximum absolute atomic E-state index is 12.6. The molecule has 0 unspecified atom stereocenters. The smallest absolute Gasteiger partial charge is 0.312 e. The lowest BCUT2D eigenvalue weighted by atomic mass is 10.0. The second-order valence-corrected chi connectivity index (χ2v) is 10.6. The largest absolute Gasteiger partial charge is 0.493 e. The summed E-state index contributed by atoms with van der Waals surface area (Å²) in [5.41, 5.74) is 2.28. The fraction of sp³-hybridized carbons (Fsp3) is 0.520. The zero-order valence-electron chi connectivity index (χ0n) is 19.5. The summed E-state index contributed by atoms with van der Waals surface area (Å²) in [7, 11) is -0.259. The maximum Gasteiger partial charge on any atom is 0.312 e. The molecular formula is C25H34N2O5S. The van der Waals surface area contributed by atoms with Crippen LogP contribution in [0.4, 0.5) is 5.69 Å². The SMILES string of the molecule is COc1ccc(CN2CCN(c3ccc(OS(=O)(=O)C4CCCCC4)cc3)CC2)cc1OC. The maximum atomic E-state index is 12.6. The minimum absolute atomic E-state index is 0.371. The lowest BCUT2D eigenvalue weighted by Gasteiger charge is -2.36. The van der Waals surface area contributed by atoms with E-state index in [4.69, 9.17) is 13.7 Å². The van der Waals surface area contributed by atoms with Gasteiger partial charge in [-0.1, -0.05) is 25.3 Å². The van der Waals surface area contributed by atoms with Crippen molar-refractivity contribution in [3.8, 4) is 17.2 Å². The second kappa shape index (κ2) is 10.7. The highest BCUT2D eigenvalue weighted by molar-refractivity contribution is 7.87. The van der Waals surface area contributed by atoms with Crippen LogP contribution in [-0.4, -0.2) is 59.0 Å². The molecule has 1 aliphatic carbocycles. The molecule has 0 atom stereocenters. The number of nitrogens with zero attached hydrogens (tertiary/aromatic N) is 2. The summed E-state index contributed by atoms with van der Waals surface area (Å²) < 4.78 is 41.3. The highest BCUT2D eigenvalue weighted by Crippen LogP contribution is 2.29.